The molecule has 0 amide bonds. The Bertz CT molecular complexity index is 1560. The minimum Gasteiger partial charge on any atom is -0.310 e. The van der Waals surface area contributed by atoms with Gasteiger partial charge in [0.1, 0.15) is 5.84 Å². The zero-order valence-electron chi connectivity index (χ0n) is 22.3. The van der Waals surface area contributed by atoms with Gasteiger partial charge in [-0.1, -0.05) is 74.5 Å². The minimum absolute atomic E-state index is 0.0933. The number of nitrogens with zero attached hydrogens (tertiary/aromatic N) is 6. The fourth-order valence-corrected chi connectivity index (χ4v) is 8.98. The third-order valence-corrected chi connectivity index (χ3v) is 10.9. The summed E-state index contributed by atoms with van der Waals surface area (Å²) in [5.41, 5.74) is 1.49. The Kier molecular flexibility index (Phi) is 7.23. The average molecular weight is 551 g/mol. The van der Waals surface area contributed by atoms with Gasteiger partial charge in [-0.15, -0.1) is 0 Å². The molecule has 5 rings (SSSR count). The van der Waals surface area contributed by atoms with Crippen LogP contribution >= 0.6 is 7.36 Å². The summed E-state index contributed by atoms with van der Waals surface area (Å²) < 4.78 is 53.7. The van der Waals surface area contributed by atoms with Gasteiger partial charge in [0.15, 0.2) is 13.2 Å². The number of halogens is 3. The molecule has 1 atom stereocenters. The molecule has 6 nitrogen and oxygen atoms in total. The number of aromatic nitrogens is 2. The van der Waals surface area contributed by atoms with Gasteiger partial charge in [0.25, 0.3) is 0 Å². The van der Waals surface area contributed by atoms with Crippen molar-refractivity contribution >= 4 is 30.0 Å². The molecule has 39 heavy (non-hydrogen) atoms. The van der Waals surface area contributed by atoms with Crippen molar-refractivity contribution in [1.29, 1.82) is 0 Å². The highest BCUT2D eigenvalue weighted by molar-refractivity contribution is 7.70. The number of fused-ring (bicyclic) bond motifs is 1. The van der Waals surface area contributed by atoms with Gasteiger partial charge < -0.3 is 4.67 Å². The molecular formula is C29H30F3N6P. The predicted octanol–water partition coefficient (Wildman–Crippen LogP) is 7.55. The lowest BCUT2D eigenvalue weighted by Crippen LogP contribution is -2.41. The average Bonchev–Trinajstić information content (AvgIpc) is 3.28. The minimum atomic E-state index is -4.55. The molecule has 10 heteroatoms. The second-order valence-corrected chi connectivity index (χ2v) is 12.1. The van der Waals surface area contributed by atoms with Crippen LogP contribution < -0.4 is 5.30 Å². The fourth-order valence-electron chi connectivity index (χ4n) is 5.08. The van der Waals surface area contributed by atoms with Gasteiger partial charge >= 0.3 is 6.18 Å². The number of aryl methyl sites for hydroxylation is 1. The van der Waals surface area contributed by atoms with Crippen LogP contribution in [0.3, 0.4) is 0 Å². The molecule has 0 spiro atoms. The largest absolute Gasteiger partial charge is 0.418 e. The topological polar surface area (TPSA) is 49.0 Å². The Morgan fingerprint density at radius 3 is 2.08 bits per heavy atom. The second-order valence-electron chi connectivity index (χ2n) is 9.15. The summed E-state index contributed by atoms with van der Waals surface area (Å²) in [5.74, 6) is 1.22. The van der Waals surface area contributed by atoms with E-state index in [0.29, 0.717) is 30.4 Å². The van der Waals surface area contributed by atoms with Crippen molar-refractivity contribution in [2.75, 3.05) is 20.1 Å². The summed E-state index contributed by atoms with van der Waals surface area (Å²) in [6, 6.07) is 24.9. The van der Waals surface area contributed by atoms with E-state index in [0.717, 1.165) is 22.6 Å². The van der Waals surface area contributed by atoms with Crippen LogP contribution in [0.2, 0.25) is 0 Å². The van der Waals surface area contributed by atoms with Crippen molar-refractivity contribution in [3.63, 3.8) is 0 Å². The van der Waals surface area contributed by atoms with E-state index in [2.05, 4.69) is 4.67 Å². The van der Waals surface area contributed by atoms with E-state index in [-0.39, 0.29) is 5.69 Å². The SMILES string of the molecule is CCN(CC)P1(=Nc2ccccc2C(F)(F)F)c2c(C)nn(-c3ccccc3)c2N=C(c2ccccc2)N1C. The van der Waals surface area contributed by atoms with Crippen molar-refractivity contribution in [2.24, 2.45) is 9.74 Å². The van der Waals surface area contributed by atoms with Crippen molar-refractivity contribution in [3.8, 4) is 5.69 Å². The van der Waals surface area contributed by atoms with Gasteiger partial charge in [-0.3, -0.25) is 4.67 Å². The van der Waals surface area contributed by atoms with Crippen LogP contribution in [-0.4, -0.2) is 45.1 Å². The monoisotopic (exact) mass is 550 g/mol. The highest BCUT2D eigenvalue weighted by Gasteiger charge is 2.45. The standard InChI is InChI=1S/C29H30F3N6P/c1-5-37(6-2)39(35-25-20-14-13-19-24(25)29(30,31)32)26-21(3)34-38(23-17-11-8-12-18-23)28(26)33-27(36(39)4)22-15-9-7-10-16-22/h7-20H,5-6H2,1-4H3. The smallest absolute Gasteiger partial charge is 0.310 e. The summed E-state index contributed by atoms with van der Waals surface area (Å²) in [6.07, 6.45) is -4.55. The molecule has 1 aliphatic rings. The first-order chi connectivity index (χ1) is 18.7. The normalized spacial score (nSPS) is 17.2. The Morgan fingerprint density at radius 2 is 1.46 bits per heavy atom. The first-order valence-electron chi connectivity index (χ1n) is 12.8. The van der Waals surface area contributed by atoms with Crippen LogP contribution in [0.25, 0.3) is 5.69 Å². The summed E-state index contributed by atoms with van der Waals surface area (Å²) in [4.78, 5) is 5.11. The molecular weight excluding hydrogens is 520 g/mol. The van der Waals surface area contributed by atoms with Gasteiger partial charge in [-0.25, -0.2) is 14.4 Å². The maximum atomic E-state index is 14.2. The Morgan fingerprint density at radius 1 is 0.872 bits per heavy atom. The molecule has 4 aromatic rings. The molecule has 0 fully saturated rings. The number of amidine groups is 1. The molecule has 0 N–H and O–H groups in total. The number of hydrogen-bond donors (Lipinski definition) is 0. The maximum absolute atomic E-state index is 14.2. The van der Waals surface area contributed by atoms with Gasteiger partial charge in [0.05, 0.1) is 27.9 Å². The molecule has 0 radical (unpaired) electrons. The number of rotatable bonds is 6. The summed E-state index contributed by atoms with van der Waals surface area (Å²) >= 11 is 0. The van der Waals surface area contributed by atoms with Crippen LogP contribution in [0.1, 0.15) is 30.7 Å². The molecule has 202 valence electrons. The lowest BCUT2D eigenvalue weighted by Gasteiger charge is -2.45. The molecule has 1 aliphatic heterocycles. The van der Waals surface area contributed by atoms with Crippen molar-refractivity contribution in [3.05, 3.63) is 102 Å². The van der Waals surface area contributed by atoms with Crippen molar-refractivity contribution in [1.82, 2.24) is 19.1 Å². The van der Waals surface area contributed by atoms with Crippen LogP contribution in [0.15, 0.2) is 94.7 Å². The van der Waals surface area contributed by atoms with E-state index in [9.17, 15) is 13.2 Å². The number of para-hydroxylation sites is 1. The Labute approximate surface area is 226 Å². The van der Waals surface area contributed by atoms with Gasteiger partial charge in [-0.05, 0) is 31.2 Å². The fraction of sp³-hybridized carbons (Fsp3) is 0.241. The highest BCUT2D eigenvalue weighted by atomic mass is 31.2. The molecule has 0 aliphatic carbocycles. The lowest BCUT2D eigenvalue weighted by atomic mass is 10.2. The molecule has 3 aromatic carbocycles. The second kappa shape index (κ2) is 10.5. The van der Waals surface area contributed by atoms with Crippen LogP contribution in [0.5, 0.6) is 0 Å². The van der Waals surface area contributed by atoms with E-state index in [1.165, 1.54) is 12.1 Å². The third kappa shape index (κ3) is 4.60. The summed E-state index contributed by atoms with van der Waals surface area (Å²) in [7, 11) is -1.19. The number of benzene rings is 3. The first kappa shape index (κ1) is 26.9. The van der Waals surface area contributed by atoms with E-state index in [4.69, 9.17) is 14.8 Å². The van der Waals surface area contributed by atoms with E-state index in [1.54, 1.807) is 10.7 Å². The lowest BCUT2D eigenvalue weighted by molar-refractivity contribution is -0.137. The van der Waals surface area contributed by atoms with Crippen molar-refractivity contribution < 1.29 is 13.2 Å². The van der Waals surface area contributed by atoms with E-state index < -0.39 is 19.1 Å². The molecule has 0 saturated heterocycles. The van der Waals surface area contributed by atoms with Gasteiger partial charge in [-0.2, -0.15) is 18.3 Å². The molecule has 1 aromatic heterocycles. The van der Waals surface area contributed by atoms with Gasteiger partial charge in [0, 0.05) is 25.7 Å². The summed E-state index contributed by atoms with van der Waals surface area (Å²) in [5, 5.41) is 5.64. The molecule has 0 bridgehead atoms. The van der Waals surface area contributed by atoms with E-state index in [1.807, 2.05) is 93.2 Å². The van der Waals surface area contributed by atoms with Crippen LogP contribution in [0, 0.1) is 6.92 Å². The first-order valence-corrected chi connectivity index (χ1v) is 14.4. The molecule has 1 unspecified atom stereocenters. The third-order valence-electron chi connectivity index (χ3n) is 6.86. The zero-order chi connectivity index (χ0) is 27.8. The molecule has 2 heterocycles. The predicted molar refractivity (Wildman–Crippen MR) is 152 cm³/mol. The van der Waals surface area contributed by atoms with Crippen LogP contribution in [0.4, 0.5) is 24.7 Å². The quantitative estimate of drug-likeness (QED) is 0.233. The Hall–Kier alpha value is -3.68. The van der Waals surface area contributed by atoms with Gasteiger partial charge in [0.2, 0.25) is 0 Å². The number of hydrogen-bond acceptors (Lipinski definition) is 3. The van der Waals surface area contributed by atoms with E-state index >= 15 is 0 Å². The Balaban J connectivity index is 1.94. The van der Waals surface area contributed by atoms with Crippen LogP contribution in [-0.2, 0) is 6.18 Å². The van der Waals surface area contributed by atoms with Crippen molar-refractivity contribution in [2.45, 2.75) is 26.9 Å². The number of alkyl halides is 3. The number of aliphatic imine (C=N–C) groups is 1. The summed E-state index contributed by atoms with van der Waals surface area (Å²) in [6.45, 7) is 7.05. The molecule has 0 saturated carbocycles. The highest BCUT2D eigenvalue weighted by Crippen LogP contribution is 2.62. The zero-order valence-corrected chi connectivity index (χ0v) is 23.2. The maximum Gasteiger partial charge on any atom is 0.418 e.